The quantitative estimate of drug-likeness (QED) is 0.603. The second kappa shape index (κ2) is 4.26. The summed E-state index contributed by atoms with van der Waals surface area (Å²) in [6.07, 6.45) is 5.72. The average Bonchev–Trinajstić information content (AvgIpc) is 2.56. The topological polar surface area (TPSA) is 49.3 Å². The Bertz CT molecular complexity index is 181. The number of aliphatic hydroxyl groups excluding tert-OH is 1. The number of hydrogen-bond donors (Lipinski definition) is 2. The molecule has 0 fully saturated rings. The van der Waals surface area contributed by atoms with Gasteiger partial charge in [-0.15, -0.1) is 0 Å². The molecular formula is C9H15NO2. The lowest BCUT2D eigenvalue weighted by molar-refractivity contribution is -0.125. The van der Waals surface area contributed by atoms with Gasteiger partial charge in [0.05, 0.1) is 6.61 Å². The van der Waals surface area contributed by atoms with Crippen LogP contribution in [0.25, 0.3) is 0 Å². The van der Waals surface area contributed by atoms with E-state index in [1.165, 1.54) is 0 Å². The molecule has 0 aromatic heterocycles. The number of hydrogen-bond acceptors (Lipinski definition) is 2. The molecule has 0 aromatic rings. The first-order chi connectivity index (χ1) is 5.74. The first-order valence-corrected chi connectivity index (χ1v) is 4.30. The number of carbonyl (C=O) groups excluding carboxylic acids is 1. The second-order valence-electron chi connectivity index (χ2n) is 3.23. The number of rotatable bonds is 3. The number of allylic oxidation sites excluding steroid dienone is 2. The molecule has 0 aromatic carbocycles. The maximum absolute atomic E-state index is 11.4. The van der Waals surface area contributed by atoms with Crippen LogP contribution in [0.4, 0.5) is 0 Å². The summed E-state index contributed by atoms with van der Waals surface area (Å²) in [7, 11) is 0. The molecule has 12 heavy (non-hydrogen) atoms. The molecule has 3 heteroatoms. The lowest BCUT2D eigenvalue weighted by atomic mass is 10.1. The molecule has 2 N–H and O–H groups in total. The summed E-state index contributed by atoms with van der Waals surface area (Å²) < 4.78 is 0. The lowest BCUT2D eigenvalue weighted by Gasteiger charge is -2.14. The van der Waals surface area contributed by atoms with Gasteiger partial charge in [-0.2, -0.15) is 0 Å². The van der Waals surface area contributed by atoms with E-state index in [1.54, 1.807) is 6.92 Å². The fraction of sp³-hybridized carbons (Fsp3) is 0.667. The second-order valence-corrected chi connectivity index (χ2v) is 3.23. The summed E-state index contributed by atoms with van der Waals surface area (Å²) in [6, 6.07) is -0.127. The van der Waals surface area contributed by atoms with Crippen molar-refractivity contribution in [2.45, 2.75) is 25.8 Å². The van der Waals surface area contributed by atoms with E-state index in [2.05, 4.69) is 5.32 Å². The maximum atomic E-state index is 11.4. The third-order valence-corrected chi connectivity index (χ3v) is 2.04. The van der Waals surface area contributed by atoms with E-state index in [0.717, 1.165) is 12.8 Å². The molecule has 0 aliphatic heterocycles. The third kappa shape index (κ3) is 2.34. The predicted octanol–water partition coefficient (Wildman–Crippen LogP) is 0.450. The Morgan fingerprint density at radius 2 is 2.25 bits per heavy atom. The Morgan fingerprint density at radius 1 is 1.67 bits per heavy atom. The van der Waals surface area contributed by atoms with Crippen molar-refractivity contribution in [3.05, 3.63) is 12.2 Å². The highest BCUT2D eigenvalue weighted by Gasteiger charge is 2.19. The monoisotopic (exact) mass is 169 g/mol. The van der Waals surface area contributed by atoms with Crippen LogP contribution in [0.1, 0.15) is 19.8 Å². The Hall–Kier alpha value is -0.830. The van der Waals surface area contributed by atoms with Gasteiger partial charge < -0.3 is 10.4 Å². The van der Waals surface area contributed by atoms with Crippen LogP contribution < -0.4 is 5.32 Å². The summed E-state index contributed by atoms with van der Waals surface area (Å²) in [5, 5.41) is 11.4. The van der Waals surface area contributed by atoms with Crippen LogP contribution in [0.15, 0.2) is 12.2 Å². The summed E-state index contributed by atoms with van der Waals surface area (Å²) in [6.45, 7) is 1.80. The Labute approximate surface area is 72.5 Å². The number of nitrogens with one attached hydrogen (secondary N) is 1. The van der Waals surface area contributed by atoms with Crippen molar-refractivity contribution in [3.8, 4) is 0 Å². The van der Waals surface area contributed by atoms with Crippen LogP contribution in [0, 0.1) is 5.92 Å². The number of aliphatic hydroxyl groups is 1. The summed E-state index contributed by atoms with van der Waals surface area (Å²) in [5.74, 6) is 0.153. The van der Waals surface area contributed by atoms with E-state index in [0.29, 0.717) is 0 Å². The van der Waals surface area contributed by atoms with E-state index in [-0.39, 0.29) is 24.5 Å². The van der Waals surface area contributed by atoms with Crippen LogP contribution in [0.3, 0.4) is 0 Å². The molecule has 0 saturated heterocycles. The highest BCUT2D eigenvalue weighted by molar-refractivity contribution is 5.79. The van der Waals surface area contributed by atoms with Crippen LogP contribution in [-0.2, 0) is 4.79 Å². The zero-order valence-electron chi connectivity index (χ0n) is 7.29. The first-order valence-electron chi connectivity index (χ1n) is 4.30. The van der Waals surface area contributed by atoms with Gasteiger partial charge in [-0.1, -0.05) is 12.2 Å². The molecule has 0 saturated carbocycles. The minimum atomic E-state index is -0.127. The van der Waals surface area contributed by atoms with Gasteiger partial charge in [0, 0.05) is 12.0 Å². The lowest BCUT2D eigenvalue weighted by Crippen LogP contribution is -2.38. The molecule has 1 aliphatic rings. The molecular weight excluding hydrogens is 154 g/mol. The standard InChI is InChI=1S/C9H15NO2/c1-7(6-11)10-9(12)8-4-2-3-5-8/h2-3,7-8,11H,4-6H2,1H3,(H,10,12)/t7-/m1/s1. The summed E-state index contributed by atoms with van der Waals surface area (Å²) >= 11 is 0. The average molecular weight is 169 g/mol. The van der Waals surface area contributed by atoms with Gasteiger partial charge >= 0.3 is 0 Å². The van der Waals surface area contributed by atoms with Crippen molar-refractivity contribution in [1.29, 1.82) is 0 Å². The molecule has 0 radical (unpaired) electrons. The van der Waals surface area contributed by atoms with Crippen molar-refractivity contribution >= 4 is 5.91 Å². The van der Waals surface area contributed by atoms with E-state index in [9.17, 15) is 4.79 Å². The zero-order chi connectivity index (χ0) is 8.97. The van der Waals surface area contributed by atoms with Gasteiger partial charge in [-0.3, -0.25) is 4.79 Å². The Balaban J connectivity index is 2.28. The minimum Gasteiger partial charge on any atom is -0.394 e. The Kier molecular flexibility index (Phi) is 3.29. The normalized spacial score (nSPS) is 19.5. The van der Waals surface area contributed by atoms with Crippen molar-refractivity contribution < 1.29 is 9.90 Å². The van der Waals surface area contributed by atoms with E-state index >= 15 is 0 Å². The van der Waals surface area contributed by atoms with E-state index < -0.39 is 0 Å². The highest BCUT2D eigenvalue weighted by atomic mass is 16.3. The highest BCUT2D eigenvalue weighted by Crippen LogP contribution is 2.17. The molecule has 3 nitrogen and oxygen atoms in total. The van der Waals surface area contributed by atoms with Gasteiger partial charge in [0.2, 0.25) is 5.91 Å². The van der Waals surface area contributed by atoms with Gasteiger partial charge in [0.15, 0.2) is 0 Å². The summed E-state index contributed by atoms with van der Waals surface area (Å²) in [4.78, 5) is 11.4. The van der Waals surface area contributed by atoms with Gasteiger partial charge in [0.25, 0.3) is 0 Å². The molecule has 1 atom stereocenters. The van der Waals surface area contributed by atoms with Crippen molar-refractivity contribution in [2.24, 2.45) is 5.92 Å². The molecule has 0 unspecified atom stereocenters. The first kappa shape index (κ1) is 9.26. The van der Waals surface area contributed by atoms with Gasteiger partial charge in [-0.25, -0.2) is 0 Å². The molecule has 68 valence electrons. The van der Waals surface area contributed by atoms with Crippen LogP contribution in [-0.4, -0.2) is 23.7 Å². The zero-order valence-corrected chi connectivity index (χ0v) is 7.29. The Morgan fingerprint density at radius 3 is 2.75 bits per heavy atom. The van der Waals surface area contributed by atoms with Crippen molar-refractivity contribution in [3.63, 3.8) is 0 Å². The van der Waals surface area contributed by atoms with Crippen molar-refractivity contribution in [1.82, 2.24) is 5.32 Å². The van der Waals surface area contributed by atoms with E-state index in [4.69, 9.17) is 5.11 Å². The van der Waals surface area contributed by atoms with Crippen LogP contribution >= 0.6 is 0 Å². The number of carbonyl (C=O) groups is 1. The SMILES string of the molecule is C[C@H](CO)NC(=O)C1CC=CC1. The predicted molar refractivity (Wildman–Crippen MR) is 46.6 cm³/mol. The largest absolute Gasteiger partial charge is 0.394 e. The van der Waals surface area contributed by atoms with E-state index in [1.807, 2.05) is 12.2 Å². The fourth-order valence-electron chi connectivity index (χ4n) is 1.24. The third-order valence-electron chi connectivity index (χ3n) is 2.04. The maximum Gasteiger partial charge on any atom is 0.224 e. The molecule has 0 spiro atoms. The fourth-order valence-corrected chi connectivity index (χ4v) is 1.24. The van der Waals surface area contributed by atoms with Gasteiger partial charge in [0.1, 0.15) is 0 Å². The van der Waals surface area contributed by atoms with Crippen LogP contribution in [0.5, 0.6) is 0 Å². The number of amides is 1. The molecule has 1 rings (SSSR count). The van der Waals surface area contributed by atoms with Crippen molar-refractivity contribution in [2.75, 3.05) is 6.61 Å². The molecule has 1 aliphatic carbocycles. The molecule has 0 bridgehead atoms. The summed E-state index contributed by atoms with van der Waals surface area (Å²) in [5.41, 5.74) is 0. The van der Waals surface area contributed by atoms with Gasteiger partial charge in [-0.05, 0) is 19.8 Å². The molecule has 0 heterocycles. The minimum absolute atomic E-state index is 0.00584. The smallest absolute Gasteiger partial charge is 0.224 e. The van der Waals surface area contributed by atoms with Crippen LogP contribution in [0.2, 0.25) is 0 Å². The molecule has 1 amide bonds.